The fourth-order valence-electron chi connectivity index (χ4n) is 5.06. The summed E-state index contributed by atoms with van der Waals surface area (Å²) in [5.41, 5.74) is 2.70. The molecule has 1 aromatic carbocycles. The molecular formula is C22H24Cl2F6N8. The first-order valence-electron chi connectivity index (χ1n) is 11.3. The predicted octanol–water partition coefficient (Wildman–Crippen LogP) is 4.72. The maximum atomic E-state index is 13.5. The Labute approximate surface area is 224 Å². The van der Waals surface area contributed by atoms with E-state index in [4.69, 9.17) is 34.8 Å². The van der Waals surface area contributed by atoms with E-state index in [-0.39, 0.29) is 40.4 Å². The van der Waals surface area contributed by atoms with Crippen LogP contribution in [0.4, 0.5) is 32.2 Å². The summed E-state index contributed by atoms with van der Waals surface area (Å²) in [7, 11) is 1.38. The summed E-state index contributed by atoms with van der Waals surface area (Å²) in [5.74, 6) is 6.01. The Morgan fingerprint density at radius 2 is 1.71 bits per heavy atom. The number of nitrogens with zero attached hydrogens (tertiary/aromatic N) is 6. The Balaban J connectivity index is 1.75. The van der Waals surface area contributed by atoms with Gasteiger partial charge in [-0.1, -0.05) is 18.5 Å². The third-order valence-corrected chi connectivity index (χ3v) is 7.33. The molecule has 16 heteroatoms. The molecule has 1 spiro atoms. The minimum absolute atomic E-state index is 0.0253. The van der Waals surface area contributed by atoms with Gasteiger partial charge < -0.3 is 15.5 Å². The Morgan fingerprint density at radius 3 is 2.21 bits per heavy atom. The number of benzene rings is 1. The normalized spacial score (nSPS) is 23.8. The zero-order valence-electron chi connectivity index (χ0n) is 20.2. The number of hydrazone groups is 1. The lowest BCUT2D eigenvalue weighted by molar-refractivity contribution is -0.143. The molecule has 4 rings (SSSR count). The van der Waals surface area contributed by atoms with Gasteiger partial charge >= 0.3 is 12.4 Å². The van der Waals surface area contributed by atoms with Gasteiger partial charge in [-0.25, -0.2) is 15.9 Å². The fraction of sp³-hybridized carbons (Fsp3) is 0.500. The molecule has 1 aliphatic carbocycles. The standard InChI is InChI=1S/C22H24Cl2F6N8/c1-11-6-20(11)7-15(10-38(20)17-16(23)8-33-18(24)34-17)37(19(31)35-36(2)32)9-12-3-13(21(25,26)27)5-14(4-12)22(28,29)30/h3-5,8,11,15H,6-7,9-10,32H2,1-2H3,(H2,31,35)/t11?,15-,20-/m0/s1. The lowest BCUT2D eigenvalue weighted by atomic mass is 10.0. The van der Waals surface area contributed by atoms with E-state index in [2.05, 4.69) is 15.1 Å². The van der Waals surface area contributed by atoms with Gasteiger partial charge in [0, 0.05) is 25.7 Å². The van der Waals surface area contributed by atoms with Crippen molar-refractivity contribution in [1.82, 2.24) is 20.0 Å². The molecule has 208 valence electrons. The van der Waals surface area contributed by atoms with Gasteiger partial charge in [0.25, 0.3) is 0 Å². The molecule has 1 saturated carbocycles. The van der Waals surface area contributed by atoms with E-state index < -0.39 is 41.6 Å². The molecule has 1 aliphatic heterocycles. The first-order valence-corrected chi connectivity index (χ1v) is 12.1. The molecular weight excluding hydrogens is 561 g/mol. The second-order valence-electron chi connectivity index (χ2n) is 9.56. The average molecular weight is 585 g/mol. The van der Waals surface area contributed by atoms with Crippen molar-refractivity contribution in [2.45, 2.75) is 50.2 Å². The average Bonchev–Trinajstić information content (AvgIpc) is 3.27. The van der Waals surface area contributed by atoms with Gasteiger partial charge in [-0.2, -0.15) is 31.3 Å². The maximum Gasteiger partial charge on any atom is 0.416 e. The smallest absolute Gasteiger partial charge is 0.368 e. The lowest BCUT2D eigenvalue weighted by Crippen LogP contribution is -2.47. The number of rotatable bonds is 5. The molecule has 1 unspecified atom stereocenters. The van der Waals surface area contributed by atoms with Crippen molar-refractivity contribution >= 4 is 35.0 Å². The zero-order chi connectivity index (χ0) is 28.2. The van der Waals surface area contributed by atoms with E-state index in [1.165, 1.54) is 18.1 Å². The van der Waals surface area contributed by atoms with Crippen molar-refractivity contribution in [2.75, 3.05) is 18.5 Å². The fourth-order valence-corrected chi connectivity index (χ4v) is 5.39. The van der Waals surface area contributed by atoms with Crippen LogP contribution in [0.25, 0.3) is 0 Å². The van der Waals surface area contributed by atoms with E-state index in [0.717, 1.165) is 11.5 Å². The van der Waals surface area contributed by atoms with E-state index in [9.17, 15) is 26.3 Å². The van der Waals surface area contributed by atoms with Crippen molar-refractivity contribution in [3.05, 3.63) is 51.4 Å². The van der Waals surface area contributed by atoms with E-state index in [1.807, 2.05) is 11.8 Å². The van der Waals surface area contributed by atoms with Crippen molar-refractivity contribution in [3.8, 4) is 0 Å². The molecule has 2 aromatic rings. The van der Waals surface area contributed by atoms with Crippen LogP contribution in [-0.4, -0.2) is 51.1 Å². The van der Waals surface area contributed by atoms with Gasteiger partial charge in [0.1, 0.15) is 5.02 Å². The number of alkyl halides is 6. The number of halogens is 8. The summed E-state index contributed by atoms with van der Waals surface area (Å²) in [6, 6.07) is 0.936. The van der Waals surface area contributed by atoms with Crippen LogP contribution in [-0.2, 0) is 18.9 Å². The van der Waals surface area contributed by atoms with Crippen LogP contribution in [0, 0.1) is 5.92 Å². The number of aromatic nitrogens is 2. The number of nitrogens with two attached hydrogens (primary N) is 2. The zero-order valence-corrected chi connectivity index (χ0v) is 21.7. The molecule has 2 aliphatic rings. The van der Waals surface area contributed by atoms with Crippen LogP contribution >= 0.6 is 23.2 Å². The predicted molar refractivity (Wildman–Crippen MR) is 130 cm³/mol. The Kier molecular flexibility index (Phi) is 7.29. The minimum atomic E-state index is -4.99. The van der Waals surface area contributed by atoms with Crippen LogP contribution in [0.5, 0.6) is 0 Å². The summed E-state index contributed by atoms with van der Waals surface area (Å²) in [6.07, 6.45) is -7.40. The van der Waals surface area contributed by atoms with Crippen LogP contribution in [0.1, 0.15) is 36.5 Å². The summed E-state index contributed by atoms with van der Waals surface area (Å²) in [5, 5.41) is 5.10. The topological polar surface area (TPSA) is 99.9 Å². The Hall–Kier alpha value is -2.71. The molecule has 0 radical (unpaired) electrons. The molecule has 38 heavy (non-hydrogen) atoms. The molecule has 4 N–H and O–H groups in total. The Bertz CT molecular complexity index is 1210. The largest absolute Gasteiger partial charge is 0.416 e. The van der Waals surface area contributed by atoms with Crippen LogP contribution in [0.3, 0.4) is 0 Å². The van der Waals surface area contributed by atoms with Crippen molar-refractivity contribution < 1.29 is 26.3 Å². The second-order valence-corrected chi connectivity index (χ2v) is 10.3. The SMILES string of the molecule is CC1C[C@]12C[C@H](N(Cc1cc(C(F)(F)F)cc(C(F)(F)F)c1)/C(N)=N/N(C)N)CN2c1nc(Cl)ncc1Cl. The molecule has 1 saturated heterocycles. The van der Waals surface area contributed by atoms with E-state index in [0.29, 0.717) is 24.4 Å². The van der Waals surface area contributed by atoms with Gasteiger partial charge in [0.15, 0.2) is 5.82 Å². The summed E-state index contributed by atoms with van der Waals surface area (Å²) >= 11 is 12.4. The number of anilines is 1. The summed E-state index contributed by atoms with van der Waals surface area (Å²) < 4.78 is 80.8. The highest BCUT2D eigenvalue weighted by Crippen LogP contribution is 2.57. The minimum Gasteiger partial charge on any atom is -0.368 e. The van der Waals surface area contributed by atoms with E-state index in [1.54, 1.807) is 0 Å². The molecule has 3 atom stereocenters. The highest BCUT2D eigenvalue weighted by Gasteiger charge is 2.62. The Morgan fingerprint density at radius 1 is 1.13 bits per heavy atom. The first kappa shape index (κ1) is 28.3. The quantitative estimate of drug-likeness (QED) is 0.131. The van der Waals surface area contributed by atoms with E-state index >= 15 is 0 Å². The second kappa shape index (κ2) is 9.79. The molecule has 1 aromatic heterocycles. The van der Waals surface area contributed by atoms with Crippen molar-refractivity contribution in [1.29, 1.82) is 0 Å². The number of hydrogen-bond donors (Lipinski definition) is 2. The van der Waals surface area contributed by atoms with Crippen molar-refractivity contribution in [3.63, 3.8) is 0 Å². The molecule has 8 nitrogen and oxygen atoms in total. The molecule has 2 heterocycles. The van der Waals surface area contributed by atoms with Gasteiger partial charge in [-0.15, -0.1) is 5.10 Å². The molecule has 0 amide bonds. The summed E-state index contributed by atoms with van der Waals surface area (Å²) in [4.78, 5) is 11.5. The van der Waals surface area contributed by atoms with Crippen molar-refractivity contribution in [2.24, 2.45) is 22.6 Å². The molecule has 2 fully saturated rings. The number of guanidine groups is 1. The number of hydrazine groups is 1. The molecule has 0 bridgehead atoms. The number of hydrogen-bond acceptors (Lipinski definition) is 6. The van der Waals surface area contributed by atoms with Crippen LogP contribution in [0.2, 0.25) is 10.3 Å². The van der Waals surface area contributed by atoms with Gasteiger partial charge in [-0.3, -0.25) is 0 Å². The van der Waals surface area contributed by atoms with Gasteiger partial charge in [-0.05, 0) is 54.1 Å². The maximum absolute atomic E-state index is 13.5. The summed E-state index contributed by atoms with van der Waals surface area (Å²) in [6.45, 7) is 1.87. The van der Waals surface area contributed by atoms with Crippen LogP contribution in [0.15, 0.2) is 29.5 Å². The first-order chi connectivity index (χ1) is 17.5. The third-order valence-electron chi connectivity index (χ3n) is 6.88. The monoisotopic (exact) mass is 584 g/mol. The highest BCUT2D eigenvalue weighted by molar-refractivity contribution is 6.33. The van der Waals surface area contributed by atoms with Gasteiger partial charge in [0.2, 0.25) is 11.2 Å². The van der Waals surface area contributed by atoms with Gasteiger partial charge in [0.05, 0.1) is 23.4 Å². The third kappa shape index (κ3) is 5.66. The highest BCUT2D eigenvalue weighted by atomic mass is 35.5. The lowest BCUT2D eigenvalue weighted by Gasteiger charge is -2.31. The van der Waals surface area contributed by atoms with Crippen LogP contribution < -0.4 is 16.5 Å².